The molecule has 3 fully saturated rings. The summed E-state index contributed by atoms with van der Waals surface area (Å²) in [4.78, 5) is 66.2. The number of hydrogen-bond donors (Lipinski definition) is 6. The van der Waals surface area contributed by atoms with Crippen molar-refractivity contribution in [2.75, 3.05) is 19.8 Å². The fourth-order valence-corrected chi connectivity index (χ4v) is 6.30. The summed E-state index contributed by atoms with van der Waals surface area (Å²) >= 11 is 0. The molecule has 0 unspecified atom stereocenters. The molecule has 21 nitrogen and oxygen atoms in total. The van der Waals surface area contributed by atoms with Crippen molar-refractivity contribution in [1.29, 1.82) is 0 Å². The van der Waals surface area contributed by atoms with Gasteiger partial charge in [0.2, 0.25) is 0 Å². The predicted octanol–water partition coefficient (Wildman–Crippen LogP) is -0.631. The summed E-state index contributed by atoms with van der Waals surface area (Å²) in [6.45, 7) is 0.0332. The lowest BCUT2D eigenvalue weighted by Crippen LogP contribution is -2.14. The van der Waals surface area contributed by atoms with Crippen LogP contribution >= 0.6 is 0 Å². The van der Waals surface area contributed by atoms with E-state index in [1.807, 2.05) is 0 Å². The van der Waals surface area contributed by atoms with Crippen LogP contribution in [0.5, 0.6) is 0 Å². The minimum Gasteiger partial charge on any atom is -0.394 e. The van der Waals surface area contributed by atoms with E-state index in [0.29, 0.717) is 33.5 Å². The Hall–Kier alpha value is -5.19. The van der Waals surface area contributed by atoms with Gasteiger partial charge >= 0.3 is 0 Å². The first-order chi connectivity index (χ1) is 24.9. The van der Waals surface area contributed by atoms with Crippen molar-refractivity contribution in [3.8, 4) is 0 Å². The molecule has 0 spiro atoms. The molecule has 6 aromatic heterocycles. The van der Waals surface area contributed by atoms with Crippen LogP contribution < -0.4 is 16.7 Å². The van der Waals surface area contributed by atoms with E-state index in [2.05, 4.69) is 44.9 Å². The smallest absolute Gasteiger partial charge is 0.278 e. The number of H-pyrrole nitrogens is 3. The first-order valence-electron chi connectivity index (χ1n) is 16.4. The van der Waals surface area contributed by atoms with Gasteiger partial charge < -0.3 is 44.5 Å². The molecule has 0 aliphatic carbocycles. The molecular weight excluding hydrogens is 672 g/mol. The van der Waals surface area contributed by atoms with Gasteiger partial charge in [0.1, 0.15) is 18.7 Å². The van der Waals surface area contributed by atoms with Crippen molar-refractivity contribution in [2.45, 2.75) is 75.5 Å². The van der Waals surface area contributed by atoms with Crippen molar-refractivity contribution in [2.24, 2.45) is 0 Å². The number of aliphatic hydroxyl groups excluding tert-OH is 3. The molecule has 9 heterocycles. The SMILES string of the molecule is O=c1[nH]cnc2c1ncn2[C@H]1CC[C@@H](CO)O1.O=c1[nH]cnc2c1ncn2[C@H]1CC[C@@H](CO)O1.O=c1[nH]cnc2c1ncn2[C@H]1CC[C@@H](CO)O1. The van der Waals surface area contributed by atoms with Gasteiger partial charge in [0.05, 0.1) is 76.1 Å². The molecule has 0 saturated carbocycles. The molecule has 0 aromatic carbocycles. The van der Waals surface area contributed by atoms with Crippen LogP contribution in [-0.2, 0) is 14.2 Å². The molecule has 0 amide bonds. The normalized spacial score (nSPS) is 24.5. The van der Waals surface area contributed by atoms with Gasteiger partial charge in [-0.1, -0.05) is 0 Å². The van der Waals surface area contributed by atoms with Crippen LogP contribution in [0.3, 0.4) is 0 Å². The summed E-state index contributed by atoms with van der Waals surface area (Å²) in [5, 5.41) is 27.1. The monoisotopic (exact) mass is 708 g/mol. The second kappa shape index (κ2) is 15.0. The largest absolute Gasteiger partial charge is 0.394 e. The van der Waals surface area contributed by atoms with E-state index < -0.39 is 0 Å². The Bertz CT molecular complexity index is 2020. The van der Waals surface area contributed by atoms with Gasteiger partial charge in [0, 0.05) is 0 Å². The molecule has 0 radical (unpaired) electrons. The summed E-state index contributed by atoms with van der Waals surface area (Å²) in [6.07, 6.45) is 12.4. The zero-order chi connectivity index (χ0) is 35.5. The fourth-order valence-electron chi connectivity index (χ4n) is 6.30. The van der Waals surface area contributed by atoms with Crippen LogP contribution in [0, 0.1) is 0 Å². The molecule has 3 aliphatic rings. The number of aromatic nitrogens is 12. The van der Waals surface area contributed by atoms with Crippen LogP contribution in [0.1, 0.15) is 57.2 Å². The molecule has 51 heavy (non-hydrogen) atoms. The van der Waals surface area contributed by atoms with Gasteiger partial charge in [-0.05, 0) is 38.5 Å². The number of nitrogens with zero attached hydrogens (tertiary/aromatic N) is 9. The first-order valence-corrected chi connectivity index (χ1v) is 16.4. The first kappa shape index (κ1) is 34.3. The molecule has 0 bridgehead atoms. The zero-order valence-electron chi connectivity index (χ0n) is 27.1. The Labute approximate surface area is 286 Å². The Balaban J connectivity index is 0.000000119. The second-order valence-electron chi connectivity index (χ2n) is 12.1. The number of nitrogens with one attached hydrogen (secondary N) is 3. The maximum atomic E-state index is 11.5. The number of fused-ring (bicyclic) bond motifs is 3. The summed E-state index contributed by atoms with van der Waals surface area (Å²) in [6, 6.07) is 0. The van der Waals surface area contributed by atoms with Crippen molar-refractivity contribution in [3.63, 3.8) is 0 Å². The highest BCUT2D eigenvalue weighted by Crippen LogP contribution is 2.31. The number of aromatic amines is 3. The van der Waals surface area contributed by atoms with Crippen molar-refractivity contribution < 1.29 is 29.5 Å². The predicted molar refractivity (Wildman–Crippen MR) is 175 cm³/mol. The minimum absolute atomic E-state index is 0.0111. The van der Waals surface area contributed by atoms with Gasteiger partial charge in [0.15, 0.2) is 33.5 Å². The Morgan fingerprint density at radius 1 is 0.510 bits per heavy atom. The summed E-state index contributed by atoms with van der Waals surface area (Å²) in [7, 11) is 0. The Morgan fingerprint density at radius 3 is 1.06 bits per heavy atom. The lowest BCUT2D eigenvalue weighted by atomic mass is 10.2. The molecule has 21 heteroatoms. The van der Waals surface area contributed by atoms with Gasteiger partial charge in [0.25, 0.3) is 16.7 Å². The standard InChI is InChI=1S/3C10H12N4O3/c3*15-3-6-1-2-7(17-6)14-5-13-8-9(14)11-4-12-10(8)16/h3*4-7,15H,1-3H2,(H,11,12,16)/t3*6-,7+/m000/s1. The van der Waals surface area contributed by atoms with Crippen LogP contribution in [0.25, 0.3) is 33.5 Å². The number of aliphatic hydroxyl groups is 3. The highest BCUT2D eigenvalue weighted by Gasteiger charge is 2.29. The quantitative estimate of drug-likeness (QED) is 0.126. The third kappa shape index (κ3) is 6.94. The topological polar surface area (TPSA) is 279 Å². The third-order valence-corrected chi connectivity index (χ3v) is 8.89. The Morgan fingerprint density at radius 2 is 0.804 bits per heavy atom. The van der Waals surface area contributed by atoms with E-state index in [0.717, 1.165) is 38.5 Å². The molecule has 3 saturated heterocycles. The number of imidazole rings is 3. The molecule has 6 aromatic rings. The van der Waals surface area contributed by atoms with Gasteiger partial charge in [-0.3, -0.25) is 28.1 Å². The third-order valence-electron chi connectivity index (χ3n) is 8.89. The summed E-state index contributed by atoms with van der Waals surface area (Å²) in [5.41, 5.74) is 1.68. The molecular formula is C30H36N12O9. The van der Waals surface area contributed by atoms with Crippen LogP contribution in [0.2, 0.25) is 0 Å². The van der Waals surface area contributed by atoms with E-state index in [-0.39, 0.29) is 73.5 Å². The Kier molecular flexibility index (Phi) is 10.1. The van der Waals surface area contributed by atoms with Crippen LogP contribution in [0.4, 0.5) is 0 Å². The fraction of sp³-hybridized carbons (Fsp3) is 0.500. The second-order valence-corrected chi connectivity index (χ2v) is 12.1. The van der Waals surface area contributed by atoms with E-state index in [1.165, 1.54) is 19.0 Å². The van der Waals surface area contributed by atoms with E-state index in [4.69, 9.17) is 29.5 Å². The van der Waals surface area contributed by atoms with Crippen molar-refractivity contribution in [1.82, 2.24) is 58.6 Å². The van der Waals surface area contributed by atoms with Crippen LogP contribution in [0.15, 0.2) is 52.3 Å². The number of hydrogen-bond acceptors (Lipinski definition) is 15. The van der Waals surface area contributed by atoms with Gasteiger partial charge in [-0.15, -0.1) is 0 Å². The van der Waals surface area contributed by atoms with Crippen LogP contribution in [-0.4, -0.2) is 112 Å². The maximum absolute atomic E-state index is 11.5. The summed E-state index contributed by atoms with van der Waals surface area (Å²) in [5.74, 6) is 0. The van der Waals surface area contributed by atoms with E-state index in [9.17, 15) is 14.4 Å². The van der Waals surface area contributed by atoms with E-state index in [1.54, 1.807) is 32.7 Å². The van der Waals surface area contributed by atoms with Crippen molar-refractivity contribution >= 4 is 33.5 Å². The number of ether oxygens (including phenoxy) is 3. The molecule has 6 N–H and O–H groups in total. The maximum Gasteiger partial charge on any atom is 0.278 e. The lowest BCUT2D eigenvalue weighted by molar-refractivity contribution is -0.0207. The average molecular weight is 709 g/mol. The average Bonchev–Trinajstić information content (AvgIpc) is 4.00. The van der Waals surface area contributed by atoms with E-state index >= 15 is 0 Å². The highest BCUT2D eigenvalue weighted by atomic mass is 16.5. The highest BCUT2D eigenvalue weighted by molar-refractivity contribution is 5.70. The number of rotatable bonds is 6. The van der Waals surface area contributed by atoms with Crippen molar-refractivity contribution in [3.05, 3.63) is 69.0 Å². The molecule has 9 rings (SSSR count). The molecule has 3 aliphatic heterocycles. The van der Waals surface area contributed by atoms with Gasteiger partial charge in [-0.2, -0.15) is 0 Å². The molecule has 6 atom stereocenters. The summed E-state index contributed by atoms with van der Waals surface area (Å²) < 4.78 is 22.1. The molecule has 270 valence electrons. The minimum atomic E-state index is -0.259. The lowest BCUT2D eigenvalue weighted by Gasteiger charge is -2.13. The zero-order valence-corrected chi connectivity index (χ0v) is 27.1. The van der Waals surface area contributed by atoms with Gasteiger partial charge in [-0.25, -0.2) is 29.9 Å².